The number of halogens is 3. The van der Waals surface area contributed by atoms with Crippen molar-refractivity contribution >= 4 is 33.9 Å². The monoisotopic (exact) mass is 510 g/mol. The largest absolute Gasteiger partial charge is 0.481 e. The van der Waals surface area contributed by atoms with Crippen LogP contribution in [-0.2, 0) is 14.3 Å². The number of alkyl carbamates (subject to hydrolysis) is 1. The molecule has 0 saturated carbocycles. The summed E-state index contributed by atoms with van der Waals surface area (Å²) in [5, 5.41) is 13.1. The van der Waals surface area contributed by atoms with Crippen LogP contribution in [0.15, 0.2) is 48.5 Å². The lowest BCUT2D eigenvalue weighted by molar-refractivity contribution is -0.137. The van der Waals surface area contributed by atoms with Crippen molar-refractivity contribution in [3.63, 3.8) is 0 Å². The van der Waals surface area contributed by atoms with E-state index in [0.29, 0.717) is 0 Å². The lowest BCUT2D eigenvalue weighted by Crippen LogP contribution is -2.49. The van der Waals surface area contributed by atoms with Crippen LogP contribution in [-0.4, -0.2) is 47.1 Å². The molecule has 0 saturated heterocycles. The first-order chi connectivity index (χ1) is 15.2. The van der Waals surface area contributed by atoms with Gasteiger partial charge in [0.1, 0.15) is 12.6 Å². The predicted octanol–water partition coefficient (Wildman–Crippen LogP) is 3.86. The highest BCUT2D eigenvalue weighted by molar-refractivity contribution is 9.10. The Morgan fingerprint density at radius 3 is 2.16 bits per heavy atom. The first-order valence-electron chi connectivity index (χ1n) is 9.83. The van der Waals surface area contributed by atoms with Crippen LogP contribution >= 0.6 is 15.9 Å². The van der Waals surface area contributed by atoms with Gasteiger partial charge < -0.3 is 20.5 Å². The first-order valence-corrected chi connectivity index (χ1v) is 10.6. The molecule has 0 bridgehead atoms. The number of rotatable bonds is 9. The maximum Gasteiger partial charge on any atom is 0.407 e. The second-order valence-electron chi connectivity index (χ2n) is 7.29. The normalized spacial score (nSPS) is 13.6. The molecule has 1 aliphatic carbocycles. The van der Waals surface area contributed by atoms with E-state index in [9.17, 15) is 23.2 Å². The number of carboxylic acids is 1. The van der Waals surface area contributed by atoms with Gasteiger partial charge in [0.2, 0.25) is 5.91 Å². The minimum absolute atomic E-state index is 0.00734. The van der Waals surface area contributed by atoms with E-state index in [2.05, 4.69) is 21.2 Å². The van der Waals surface area contributed by atoms with Crippen LogP contribution in [0.4, 0.5) is 13.6 Å². The van der Waals surface area contributed by atoms with E-state index in [0.717, 1.165) is 22.3 Å². The van der Waals surface area contributed by atoms with E-state index in [1.165, 1.54) is 0 Å². The van der Waals surface area contributed by atoms with Crippen LogP contribution in [0.5, 0.6) is 0 Å². The Morgan fingerprint density at radius 1 is 1.06 bits per heavy atom. The Hall–Kier alpha value is -3.01. The number of carboxylic acid groups (broad SMARTS) is 1. The molecule has 0 fully saturated rings. The van der Waals surface area contributed by atoms with Crippen molar-refractivity contribution < 1.29 is 33.0 Å². The van der Waals surface area contributed by atoms with Crippen LogP contribution in [0.3, 0.4) is 0 Å². The third kappa shape index (κ3) is 6.03. The Morgan fingerprint density at radius 2 is 1.62 bits per heavy atom. The molecule has 0 aromatic heterocycles. The molecule has 3 N–H and O–H groups in total. The highest BCUT2D eigenvalue weighted by Crippen LogP contribution is 2.44. The summed E-state index contributed by atoms with van der Waals surface area (Å²) in [6.45, 7) is -1.02. The van der Waals surface area contributed by atoms with Gasteiger partial charge in [-0.1, -0.05) is 48.5 Å². The molecular formula is C22H21BrF2N2O5. The fourth-order valence-corrected chi connectivity index (χ4v) is 3.77. The number of ether oxygens (including phenoxy) is 1. The van der Waals surface area contributed by atoms with E-state index in [-0.39, 0.29) is 18.9 Å². The molecule has 2 amide bonds. The van der Waals surface area contributed by atoms with E-state index < -0.39 is 41.8 Å². The second-order valence-corrected chi connectivity index (χ2v) is 8.45. The van der Waals surface area contributed by atoms with E-state index in [1.807, 2.05) is 53.8 Å². The molecule has 0 heterocycles. The number of hydrogen-bond donors (Lipinski definition) is 3. The van der Waals surface area contributed by atoms with Gasteiger partial charge in [0, 0.05) is 12.3 Å². The Balaban J connectivity index is 1.65. The Bertz CT molecular complexity index is 966. The maximum atomic E-state index is 13.0. The van der Waals surface area contributed by atoms with Crippen molar-refractivity contribution in [2.45, 2.75) is 29.6 Å². The van der Waals surface area contributed by atoms with Crippen LogP contribution in [0.1, 0.15) is 29.9 Å². The number of hydrogen-bond acceptors (Lipinski definition) is 4. The number of benzene rings is 2. The number of carbonyl (C=O) groups is 3. The summed E-state index contributed by atoms with van der Waals surface area (Å²) >= 11 is 2.10. The summed E-state index contributed by atoms with van der Waals surface area (Å²) in [6, 6.07) is 14.2. The molecule has 1 aliphatic rings. The second kappa shape index (κ2) is 10.1. The van der Waals surface area contributed by atoms with Gasteiger partial charge in [0.05, 0.1) is 6.54 Å². The van der Waals surface area contributed by atoms with Crippen molar-refractivity contribution in [2.24, 2.45) is 0 Å². The molecule has 0 radical (unpaired) electrons. The van der Waals surface area contributed by atoms with Crippen LogP contribution in [0.2, 0.25) is 0 Å². The lowest BCUT2D eigenvalue weighted by Gasteiger charge is -2.20. The minimum Gasteiger partial charge on any atom is -0.481 e. The number of fused-ring (bicyclic) bond motifs is 3. The Labute approximate surface area is 191 Å². The fraction of sp³-hybridized carbons (Fsp3) is 0.318. The molecule has 170 valence electrons. The Kier molecular flexibility index (Phi) is 7.44. The van der Waals surface area contributed by atoms with Gasteiger partial charge in [-0.2, -0.15) is 8.78 Å². The summed E-state index contributed by atoms with van der Waals surface area (Å²) in [4.78, 5) is 32.1. The fourth-order valence-electron chi connectivity index (χ4n) is 3.63. The van der Waals surface area contributed by atoms with E-state index in [1.54, 1.807) is 0 Å². The summed E-state index contributed by atoms with van der Waals surface area (Å²) < 4.78 is 31.2. The van der Waals surface area contributed by atoms with Gasteiger partial charge >= 0.3 is 16.9 Å². The number of nitrogens with one attached hydrogen (secondary N) is 2. The molecular weight excluding hydrogens is 490 g/mol. The number of aliphatic carboxylic acids is 1. The summed E-state index contributed by atoms with van der Waals surface area (Å²) in [7, 11) is 0. The van der Waals surface area contributed by atoms with E-state index >= 15 is 0 Å². The standard InChI is InChI=1S/C22H21BrF2N2O5/c23-22(24,25)12-26-20(30)18(9-10-19(28)29)27-21(31)32-11-17-15-7-3-1-5-13(15)14-6-2-4-8-16(14)17/h1-8,17-18H,9-12H2,(H,26,30)(H,27,31)(H,28,29). The summed E-state index contributed by atoms with van der Waals surface area (Å²) in [5.74, 6) is -2.33. The minimum atomic E-state index is -3.33. The van der Waals surface area contributed by atoms with Gasteiger partial charge in [0.15, 0.2) is 0 Å². The zero-order chi connectivity index (χ0) is 23.3. The molecule has 2 aromatic rings. The smallest absolute Gasteiger partial charge is 0.407 e. The third-order valence-electron chi connectivity index (χ3n) is 5.06. The molecule has 7 nitrogen and oxygen atoms in total. The van der Waals surface area contributed by atoms with E-state index in [4.69, 9.17) is 9.84 Å². The highest BCUT2D eigenvalue weighted by Gasteiger charge is 2.31. The first kappa shape index (κ1) is 23.6. The molecule has 10 heteroatoms. The van der Waals surface area contributed by atoms with Crippen molar-refractivity contribution in [3.8, 4) is 11.1 Å². The number of carbonyl (C=O) groups excluding carboxylic acids is 2. The average Bonchev–Trinajstić information content (AvgIpc) is 3.06. The van der Waals surface area contributed by atoms with Gasteiger partial charge in [-0.15, -0.1) is 0 Å². The topological polar surface area (TPSA) is 105 Å². The molecule has 1 atom stereocenters. The van der Waals surface area contributed by atoms with Gasteiger partial charge in [-0.3, -0.25) is 9.59 Å². The van der Waals surface area contributed by atoms with Gasteiger partial charge in [-0.25, -0.2) is 4.79 Å². The molecule has 32 heavy (non-hydrogen) atoms. The SMILES string of the molecule is O=C(O)CCC(NC(=O)OCC1c2ccccc2-c2ccccc21)C(=O)NCC(F)(F)Br. The molecule has 1 unspecified atom stereocenters. The van der Waals surface area contributed by atoms with Gasteiger partial charge in [-0.05, 0) is 44.6 Å². The van der Waals surface area contributed by atoms with Gasteiger partial charge in [0.25, 0.3) is 0 Å². The number of alkyl halides is 3. The number of amides is 2. The summed E-state index contributed by atoms with van der Waals surface area (Å²) in [5.41, 5.74) is 4.10. The molecule has 2 aromatic carbocycles. The van der Waals surface area contributed by atoms with Crippen molar-refractivity contribution in [3.05, 3.63) is 59.7 Å². The predicted molar refractivity (Wildman–Crippen MR) is 116 cm³/mol. The lowest BCUT2D eigenvalue weighted by atomic mass is 9.98. The zero-order valence-corrected chi connectivity index (χ0v) is 18.4. The average molecular weight is 511 g/mol. The molecule has 0 spiro atoms. The summed E-state index contributed by atoms with van der Waals surface area (Å²) in [6.07, 6.45) is -1.66. The third-order valence-corrected chi connectivity index (χ3v) is 5.34. The van der Waals surface area contributed by atoms with Crippen molar-refractivity contribution in [2.75, 3.05) is 13.2 Å². The van der Waals surface area contributed by atoms with Crippen LogP contribution < -0.4 is 10.6 Å². The van der Waals surface area contributed by atoms with Crippen LogP contribution in [0.25, 0.3) is 11.1 Å². The van der Waals surface area contributed by atoms with Crippen molar-refractivity contribution in [1.29, 1.82) is 0 Å². The maximum absolute atomic E-state index is 13.0. The van der Waals surface area contributed by atoms with Crippen LogP contribution in [0, 0.1) is 0 Å². The highest BCUT2D eigenvalue weighted by atomic mass is 79.9. The molecule has 3 rings (SSSR count). The quantitative estimate of drug-likeness (QED) is 0.444. The zero-order valence-electron chi connectivity index (χ0n) is 16.8. The van der Waals surface area contributed by atoms with Crippen molar-refractivity contribution in [1.82, 2.24) is 10.6 Å². The molecule has 0 aliphatic heterocycles.